The fraction of sp³-hybridized carbons (Fsp3) is 0.143. The van der Waals surface area contributed by atoms with Crippen molar-refractivity contribution in [3.05, 3.63) is 82.8 Å². The van der Waals surface area contributed by atoms with Crippen molar-refractivity contribution in [3.8, 4) is 0 Å². The van der Waals surface area contributed by atoms with E-state index in [9.17, 15) is 22.7 Å². The van der Waals surface area contributed by atoms with Gasteiger partial charge in [-0.2, -0.15) is 0 Å². The van der Waals surface area contributed by atoms with Crippen LogP contribution in [0.4, 0.5) is 10.1 Å². The van der Waals surface area contributed by atoms with Gasteiger partial charge in [0.1, 0.15) is 5.82 Å². The maximum atomic E-state index is 13.0. The highest BCUT2D eigenvalue weighted by Gasteiger charge is 2.20. The maximum absolute atomic E-state index is 13.0. The number of benzene rings is 2. The van der Waals surface area contributed by atoms with Gasteiger partial charge in [0.2, 0.25) is 0 Å². The zero-order valence-electron chi connectivity index (χ0n) is 16.2. The van der Waals surface area contributed by atoms with Gasteiger partial charge in [0, 0.05) is 5.75 Å². The Hall–Kier alpha value is -2.91. The van der Waals surface area contributed by atoms with E-state index in [0.29, 0.717) is 21.9 Å². The molecule has 6 nitrogen and oxygen atoms in total. The Morgan fingerprint density at radius 3 is 2.43 bits per heavy atom. The molecule has 9 heteroatoms. The number of anilines is 1. The third-order valence-corrected chi connectivity index (χ3v) is 6.85. The molecule has 3 aromatic rings. The van der Waals surface area contributed by atoms with Crippen LogP contribution in [0, 0.1) is 19.7 Å². The molecule has 0 aliphatic heterocycles. The molecule has 0 fully saturated rings. The molecule has 0 amide bonds. The molecule has 0 radical (unpaired) electrons. The highest BCUT2D eigenvalue weighted by atomic mass is 32.2. The number of sulfonamides is 1. The first-order valence-electron chi connectivity index (χ1n) is 8.86. The molecule has 1 heterocycles. The second-order valence-corrected chi connectivity index (χ2v) is 9.30. The molecule has 0 unspecified atom stereocenters. The van der Waals surface area contributed by atoms with Gasteiger partial charge < -0.3 is 5.11 Å². The number of hydrogen-bond donors (Lipinski definition) is 2. The van der Waals surface area contributed by atoms with Crippen molar-refractivity contribution in [2.45, 2.75) is 29.5 Å². The molecule has 1 aromatic heterocycles. The normalized spacial score (nSPS) is 11.3. The molecule has 30 heavy (non-hydrogen) atoms. The minimum Gasteiger partial charge on any atom is -0.478 e. The number of nitrogens with one attached hydrogen (secondary N) is 1. The molecule has 0 spiro atoms. The van der Waals surface area contributed by atoms with Gasteiger partial charge in [-0.15, -0.1) is 11.8 Å². The number of carboxylic acids is 1. The monoisotopic (exact) mass is 446 g/mol. The van der Waals surface area contributed by atoms with Gasteiger partial charge in [-0.3, -0.25) is 4.72 Å². The Morgan fingerprint density at radius 2 is 1.83 bits per heavy atom. The van der Waals surface area contributed by atoms with Gasteiger partial charge in [-0.25, -0.2) is 22.6 Å². The zero-order valence-corrected chi connectivity index (χ0v) is 17.8. The number of halogens is 1. The number of carbonyl (C=O) groups is 1. The Balaban J connectivity index is 1.73. The number of nitrogens with zero attached hydrogens (tertiary/aromatic N) is 1. The fourth-order valence-electron chi connectivity index (χ4n) is 2.68. The number of thioether (sulfide) groups is 1. The average Bonchev–Trinajstić information content (AvgIpc) is 2.70. The quantitative estimate of drug-likeness (QED) is 0.514. The largest absolute Gasteiger partial charge is 0.478 e. The molecule has 0 bridgehead atoms. The van der Waals surface area contributed by atoms with Crippen LogP contribution in [0.25, 0.3) is 0 Å². The van der Waals surface area contributed by atoms with Crippen LogP contribution in [0.5, 0.6) is 0 Å². The van der Waals surface area contributed by atoms with Crippen LogP contribution in [0.2, 0.25) is 0 Å². The van der Waals surface area contributed by atoms with E-state index >= 15 is 0 Å². The van der Waals surface area contributed by atoms with Gasteiger partial charge in [-0.05, 0) is 66.9 Å². The summed E-state index contributed by atoms with van der Waals surface area (Å²) in [5, 5.41) is 9.98. The third kappa shape index (κ3) is 5.17. The lowest BCUT2D eigenvalue weighted by molar-refractivity contribution is 0.0695. The molecule has 156 valence electrons. The summed E-state index contributed by atoms with van der Waals surface area (Å²) in [6.45, 7) is 3.30. The van der Waals surface area contributed by atoms with Gasteiger partial charge in [0.15, 0.2) is 0 Å². The van der Waals surface area contributed by atoms with E-state index in [1.54, 1.807) is 38.1 Å². The fourth-order valence-corrected chi connectivity index (χ4v) is 4.63. The minimum atomic E-state index is -3.98. The van der Waals surface area contributed by atoms with Crippen LogP contribution in [-0.4, -0.2) is 24.5 Å². The van der Waals surface area contributed by atoms with E-state index in [0.717, 1.165) is 11.6 Å². The van der Waals surface area contributed by atoms with Crippen LogP contribution in [0.3, 0.4) is 0 Å². The summed E-state index contributed by atoms with van der Waals surface area (Å²) in [4.78, 5) is 15.5. The second-order valence-electron chi connectivity index (χ2n) is 6.62. The predicted molar refractivity (Wildman–Crippen MR) is 114 cm³/mol. The van der Waals surface area contributed by atoms with Crippen LogP contribution in [-0.2, 0) is 15.8 Å². The lowest BCUT2D eigenvalue weighted by Gasteiger charge is -2.12. The van der Waals surface area contributed by atoms with E-state index in [2.05, 4.69) is 9.71 Å². The molecular formula is C21H19FN2O4S2. The molecule has 2 aromatic carbocycles. The summed E-state index contributed by atoms with van der Waals surface area (Å²) in [6.07, 6.45) is 1.39. The molecule has 0 saturated heterocycles. The molecule has 3 rings (SSSR count). The lowest BCUT2D eigenvalue weighted by atomic mass is 10.0. The Labute approximate surface area is 178 Å². The second kappa shape index (κ2) is 8.85. The molecule has 0 saturated carbocycles. The van der Waals surface area contributed by atoms with E-state index < -0.39 is 16.0 Å². The lowest BCUT2D eigenvalue weighted by Crippen LogP contribution is -2.15. The summed E-state index contributed by atoms with van der Waals surface area (Å²) >= 11 is 1.44. The van der Waals surface area contributed by atoms with Gasteiger partial charge >= 0.3 is 5.97 Å². The number of aromatic nitrogens is 1. The van der Waals surface area contributed by atoms with Crippen LogP contribution in [0.1, 0.15) is 27.0 Å². The van der Waals surface area contributed by atoms with Crippen LogP contribution < -0.4 is 4.72 Å². The Morgan fingerprint density at radius 1 is 1.13 bits per heavy atom. The number of pyridine rings is 1. The number of rotatable bonds is 7. The van der Waals surface area contributed by atoms with Crippen molar-refractivity contribution in [1.82, 2.24) is 4.98 Å². The number of hydrogen-bond acceptors (Lipinski definition) is 5. The summed E-state index contributed by atoms with van der Waals surface area (Å²) in [5.74, 6) is -0.881. The SMILES string of the molecule is Cc1cc(S(=O)(=O)Nc2ccc(SCc3ccc(F)cc3)nc2)cc(C(=O)O)c1C. The topological polar surface area (TPSA) is 96.4 Å². The highest BCUT2D eigenvalue weighted by molar-refractivity contribution is 7.98. The number of carboxylic acid groups (broad SMARTS) is 1. The van der Waals surface area contributed by atoms with E-state index in [1.807, 2.05) is 0 Å². The minimum absolute atomic E-state index is 0.0546. The van der Waals surface area contributed by atoms with Gasteiger partial charge in [0.05, 0.1) is 27.4 Å². The smallest absolute Gasteiger partial charge is 0.336 e. The van der Waals surface area contributed by atoms with Crippen LogP contribution >= 0.6 is 11.8 Å². The maximum Gasteiger partial charge on any atom is 0.336 e. The average molecular weight is 447 g/mol. The summed E-state index contributed by atoms with van der Waals surface area (Å²) < 4.78 is 40.8. The first kappa shape index (κ1) is 21.8. The van der Waals surface area contributed by atoms with Crippen molar-refractivity contribution in [3.63, 3.8) is 0 Å². The molecule has 0 atom stereocenters. The number of aromatic carboxylic acids is 1. The van der Waals surface area contributed by atoms with Crippen molar-refractivity contribution in [2.75, 3.05) is 4.72 Å². The molecular weight excluding hydrogens is 427 g/mol. The van der Waals surface area contributed by atoms with Crippen LogP contribution in [0.15, 0.2) is 64.6 Å². The summed E-state index contributed by atoms with van der Waals surface area (Å²) in [5.41, 5.74) is 2.24. The molecule has 0 aliphatic carbocycles. The van der Waals surface area contributed by atoms with Crippen molar-refractivity contribution < 1.29 is 22.7 Å². The number of aryl methyl sites for hydroxylation is 1. The molecule has 2 N–H and O–H groups in total. The van der Waals surface area contributed by atoms with E-state index in [4.69, 9.17) is 0 Å². The summed E-state index contributed by atoms with van der Waals surface area (Å²) in [6, 6.07) is 12.0. The molecule has 0 aliphatic rings. The van der Waals surface area contributed by atoms with Crippen molar-refractivity contribution in [1.29, 1.82) is 0 Å². The van der Waals surface area contributed by atoms with E-state index in [-0.39, 0.29) is 22.0 Å². The van der Waals surface area contributed by atoms with Crippen molar-refractivity contribution in [2.24, 2.45) is 0 Å². The predicted octanol–water partition coefficient (Wildman–Crippen LogP) is 4.63. The zero-order chi connectivity index (χ0) is 21.9. The van der Waals surface area contributed by atoms with E-state index in [1.165, 1.54) is 36.2 Å². The Kier molecular flexibility index (Phi) is 6.42. The van der Waals surface area contributed by atoms with Gasteiger partial charge in [-0.1, -0.05) is 12.1 Å². The third-order valence-electron chi connectivity index (χ3n) is 4.47. The summed E-state index contributed by atoms with van der Waals surface area (Å²) in [7, 11) is -3.98. The highest BCUT2D eigenvalue weighted by Crippen LogP contribution is 2.25. The standard InChI is InChI=1S/C21H19FN2O4S2/c1-13-9-18(10-19(14(13)2)21(25)26)30(27,28)24-17-7-8-20(23-11-17)29-12-15-3-5-16(22)6-4-15/h3-11,24H,12H2,1-2H3,(H,25,26). The first-order valence-corrected chi connectivity index (χ1v) is 11.3. The Bertz CT molecular complexity index is 1180. The van der Waals surface area contributed by atoms with Crippen molar-refractivity contribution >= 4 is 33.4 Å². The van der Waals surface area contributed by atoms with Gasteiger partial charge in [0.25, 0.3) is 10.0 Å². The first-order chi connectivity index (χ1) is 14.2.